The van der Waals surface area contributed by atoms with Gasteiger partial charge in [-0.2, -0.15) is 15.2 Å². The van der Waals surface area contributed by atoms with E-state index in [1.165, 1.54) is 13.3 Å². The minimum absolute atomic E-state index is 0.140. The number of ether oxygens (including phenoxy) is 1. The summed E-state index contributed by atoms with van der Waals surface area (Å²) in [7, 11) is 1.42. The third-order valence-electron chi connectivity index (χ3n) is 5.54. The van der Waals surface area contributed by atoms with Crippen molar-refractivity contribution >= 4 is 47.1 Å². The van der Waals surface area contributed by atoms with E-state index in [0.29, 0.717) is 28.5 Å². The summed E-state index contributed by atoms with van der Waals surface area (Å²) in [6.45, 7) is 3.76. The summed E-state index contributed by atoms with van der Waals surface area (Å²) < 4.78 is 7.00. The molecule has 4 N–H and O–H groups in total. The van der Waals surface area contributed by atoms with Crippen LogP contribution in [0.2, 0.25) is 5.15 Å². The van der Waals surface area contributed by atoms with E-state index < -0.39 is 5.92 Å². The van der Waals surface area contributed by atoms with Crippen molar-refractivity contribution in [2.24, 2.45) is 5.10 Å². The summed E-state index contributed by atoms with van der Waals surface area (Å²) >= 11 is 6.08. The molecule has 3 aromatic rings. The number of methoxy groups -OCH3 is 1. The highest BCUT2D eigenvalue weighted by atomic mass is 35.5. The summed E-state index contributed by atoms with van der Waals surface area (Å²) in [5.74, 6) is -0.372. The molecule has 11 nitrogen and oxygen atoms in total. The van der Waals surface area contributed by atoms with Crippen LogP contribution in [-0.4, -0.2) is 50.1 Å². The number of aliphatic hydroxyl groups is 1. The van der Waals surface area contributed by atoms with Gasteiger partial charge in [0.25, 0.3) is 0 Å². The van der Waals surface area contributed by atoms with Crippen LogP contribution in [0.4, 0.5) is 11.5 Å². The number of hydrazone groups is 1. The zero-order valence-electron chi connectivity index (χ0n) is 18.3. The van der Waals surface area contributed by atoms with Gasteiger partial charge in [-0.3, -0.25) is 10.2 Å². The van der Waals surface area contributed by atoms with Gasteiger partial charge in [0, 0.05) is 35.0 Å². The monoisotopic (exact) mass is 470 g/mol. The Morgan fingerprint density at radius 2 is 2.27 bits per heavy atom. The van der Waals surface area contributed by atoms with Crippen molar-refractivity contribution in [3.63, 3.8) is 0 Å². The Morgan fingerprint density at radius 1 is 1.48 bits per heavy atom. The molecule has 0 saturated carbocycles. The molecule has 4 rings (SSSR count). The van der Waals surface area contributed by atoms with Crippen molar-refractivity contribution in [3.05, 3.63) is 40.3 Å². The molecule has 1 aliphatic carbocycles. The van der Waals surface area contributed by atoms with Crippen molar-refractivity contribution in [2.45, 2.75) is 38.2 Å². The molecule has 1 unspecified atom stereocenters. The number of fused-ring (bicyclic) bond motifs is 3. The summed E-state index contributed by atoms with van der Waals surface area (Å²) in [5, 5.41) is 28.2. The quantitative estimate of drug-likeness (QED) is 0.306. The lowest BCUT2D eigenvalue weighted by Crippen LogP contribution is -2.22. The lowest BCUT2D eigenvalue weighted by Gasteiger charge is -2.19. The van der Waals surface area contributed by atoms with Crippen LogP contribution in [0.25, 0.3) is 5.65 Å². The van der Waals surface area contributed by atoms with E-state index in [2.05, 4.69) is 44.8 Å². The number of anilines is 2. The maximum atomic E-state index is 13.3. The fourth-order valence-corrected chi connectivity index (χ4v) is 4.36. The van der Waals surface area contributed by atoms with Crippen LogP contribution in [0.3, 0.4) is 0 Å². The highest BCUT2D eigenvalue weighted by molar-refractivity contribution is 6.29. The summed E-state index contributed by atoms with van der Waals surface area (Å²) in [4.78, 5) is 22.0. The number of aromatic nitrogens is 4. The van der Waals surface area contributed by atoms with Crippen molar-refractivity contribution in [2.75, 3.05) is 17.9 Å². The molecule has 1 amide bonds. The first kappa shape index (κ1) is 22.6. The Hall–Kier alpha value is -3.57. The van der Waals surface area contributed by atoms with Gasteiger partial charge in [-0.05, 0) is 12.5 Å². The molecule has 1 atom stereocenters. The van der Waals surface area contributed by atoms with Crippen LogP contribution >= 0.6 is 11.6 Å². The van der Waals surface area contributed by atoms with Gasteiger partial charge in [-0.15, -0.1) is 0 Å². The number of hydrogen-bond acceptors (Lipinski definition) is 9. The van der Waals surface area contributed by atoms with Crippen LogP contribution in [0, 0.1) is 5.41 Å². The van der Waals surface area contributed by atoms with Crippen molar-refractivity contribution in [1.82, 2.24) is 19.6 Å². The molecule has 1 aliphatic rings. The summed E-state index contributed by atoms with van der Waals surface area (Å²) in [5.41, 5.74) is 5.41. The first-order valence-electron chi connectivity index (χ1n) is 10.1. The van der Waals surface area contributed by atoms with Gasteiger partial charge in [0.2, 0.25) is 11.8 Å². The average molecular weight is 471 g/mol. The fraction of sp³-hybridized carbons (Fsp3) is 0.333. The van der Waals surface area contributed by atoms with Crippen molar-refractivity contribution in [3.8, 4) is 5.88 Å². The van der Waals surface area contributed by atoms with Crippen LogP contribution in [0.5, 0.6) is 5.88 Å². The van der Waals surface area contributed by atoms with E-state index in [1.54, 1.807) is 22.8 Å². The number of pyridine rings is 1. The Bertz CT molecular complexity index is 1240. The largest absolute Gasteiger partial charge is 0.479 e. The molecular formula is C21H23ClN8O3. The normalized spacial score (nSPS) is 16.7. The minimum atomic E-state index is -0.477. The summed E-state index contributed by atoms with van der Waals surface area (Å²) in [6, 6.07) is 3.22. The Labute approximate surface area is 194 Å². The van der Waals surface area contributed by atoms with E-state index in [1.807, 2.05) is 0 Å². The van der Waals surface area contributed by atoms with E-state index >= 15 is 0 Å². The molecule has 172 valence electrons. The topological polar surface area (TPSA) is 150 Å². The van der Waals surface area contributed by atoms with Gasteiger partial charge in [0.05, 0.1) is 31.5 Å². The van der Waals surface area contributed by atoms with Crippen LogP contribution < -0.4 is 15.5 Å². The van der Waals surface area contributed by atoms with Gasteiger partial charge in [0.1, 0.15) is 11.5 Å². The number of aliphatic hydroxyl groups excluding tert-OH is 1. The van der Waals surface area contributed by atoms with Crippen molar-refractivity contribution < 1.29 is 14.6 Å². The third kappa shape index (κ3) is 4.12. The van der Waals surface area contributed by atoms with Gasteiger partial charge >= 0.3 is 0 Å². The molecule has 0 radical (unpaired) electrons. The highest BCUT2D eigenvalue weighted by Crippen LogP contribution is 2.46. The van der Waals surface area contributed by atoms with Crippen LogP contribution in [0.15, 0.2) is 23.4 Å². The van der Waals surface area contributed by atoms with E-state index in [4.69, 9.17) is 21.7 Å². The van der Waals surface area contributed by atoms with Crippen LogP contribution in [-0.2, 0) is 16.8 Å². The number of halogens is 1. The number of nitrogens with zero attached hydrogens (tertiary/aromatic N) is 5. The van der Waals surface area contributed by atoms with Gasteiger partial charge in [-0.1, -0.05) is 25.4 Å². The van der Waals surface area contributed by atoms with Crippen LogP contribution in [0.1, 0.15) is 43.0 Å². The standard InChI is InChI=1S/C21H23ClN8O3/c1-21(2)8-12(13-9-24-16-7-14(22)29-30(16)18(13)21)19(32)26-15-6-11(10-31)17(20(27-15)33-3)28-25-5-4-23/h4-7,9,12,23,28,31H,8,10H2,1-3H3,(H,26,27,32)/b23-4?,25-5-. The smallest absolute Gasteiger partial charge is 0.241 e. The number of carbonyl (C=O) groups excluding carboxylic acids is 1. The second kappa shape index (κ2) is 8.75. The van der Waals surface area contributed by atoms with Crippen molar-refractivity contribution in [1.29, 1.82) is 5.41 Å². The molecular weight excluding hydrogens is 448 g/mol. The number of nitrogens with one attached hydrogen (secondary N) is 3. The number of carbonyl (C=O) groups is 1. The molecule has 33 heavy (non-hydrogen) atoms. The van der Waals surface area contributed by atoms with Gasteiger partial charge < -0.3 is 20.6 Å². The molecule has 12 heteroatoms. The predicted octanol–water partition coefficient (Wildman–Crippen LogP) is 2.73. The van der Waals surface area contributed by atoms with E-state index in [0.717, 1.165) is 17.5 Å². The maximum Gasteiger partial charge on any atom is 0.241 e. The molecule has 0 bridgehead atoms. The minimum Gasteiger partial charge on any atom is -0.479 e. The molecule has 0 saturated heterocycles. The first-order chi connectivity index (χ1) is 15.8. The molecule has 0 aliphatic heterocycles. The third-order valence-corrected chi connectivity index (χ3v) is 5.72. The molecule has 3 aromatic heterocycles. The Morgan fingerprint density at radius 3 is 2.97 bits per heavy atom. The number of amides is 1. The molecule has 0 aromatic carbocycles. The Kier molecular flexibility index (Phi) is 6.00. The molecule has 3 heterocycles. The van der Waals surface area contributed by atoms with Gasteiger partial charge in [-0.25, -0.2) is 9.50 Å². The lowest BCUT2D eigenvalue weighted by atomic mass is 9.88. The zero-order valence-corrected chi connectivity index (χ0v) is 19.0. The predicted molar refractivity (Wildman–Crippen MR) is 125 cm³/mol. The van der Waals surface area contributed by atoms with Gasteiger partial charge in [0.15, 0.2) is 10.8 Å². The maximum absolute atomic E-state index is 13.3. The van der Waals surface area contributed by atoms with E-state index in [-0.39, 0.29) is 29.6 Å². The second-order valence-corrected chi connectivity index (χ2v) is 8.58. The molecule has 0 fully saturated rings. The number of hydrogen-bond donors (Lipinski definition) is 4. The second-order valence-electron chi connectivity index (χ2n) is 8.19. The lowest BCUT2D eigenvalue weighted by molar-refractivity contribution is -0.117. The Balaban J connectivity index is 1.66. The zero-order chi connectivity index (χ0) is 23.8. The molecule has 0 spiro atoms. The fourth-order valence-electron chi connectivity index (χ4n) is 4.18. The van der Waals surface area contributed by atoms with E-state index in [9.17, 15) is 9.90 Å². The average Bonchev–Trinajstić information content (AvgIpc) is 3.29. The first-order valence-corrected chi connectivity index (χ1v) is 10.5. The number of rotatable bonds is 7. The summed E-state index contributed by atoms with van der Waals surface area (Å²) in [6.07, 6.45) is 4.48. The highest BCUT2D eigenvalue weighted by Gasteiger charge is 2.43. The SMILES string of the molecule is COc1nc(NC(=O)C2CC(C)(C)c3c2cnc2cc(Cl)nn32)cc(CO)c1N/N=C\C=N.